The van der Waals surface area contributed by atoms with Crippen LogP contribution in [0.2, 0.25) is 0 Å². The topological polar surface area (TPSA) is 128 Å². The Labute approximate surface area is 269 Å². The third kappa shape index (κ3) is 7.77. The van der Waals surface area contributed by atoms with Crippen molar-refractivity contribution in [2.45, 2.75) is 71.2 Å². The number of nitrogens with zero attached hydrogens (tertiary/aromatic N) is 1. The minimum Gasteiger partial charge on any atom is -0.508 e. The molecule has 5 rings (SSSR count). The smallest absolute Gasteiger partial charge is 0.408 e. The molecule has 9 heteroatoms. The molecule has 4 aromatic rings. The van der Waals surface area contributed by atoms with Crippen LogP contribution in [-0.2, 0) is 20.7 Å². The number of aryl methyl sites for hydroxylation is 1. The lowest BCUT2D eigenvalue weighted by atomic mass is 9.98. The number of amides is 3. The summed E-state index contributed by atoms with van der Waals surface area (Å²) < 4.78 is 5.52. The molecular formula is C37H41N3O6. The van der Waals surface area contributed by atoms with Crippen molar-refractivity contribution in [3.63, 3.8) is 0 Å². The molecule has 3 amide bonds. The number of nitrogens with one attached hydrogen (secondary N) is 2. The van der Waals surface area contributed by atoms with Crippen molar-refractivity contribution in [2.75, 3.05) is 5.32 Å². The number of hydrogen-bond acceptors (Lipinski definition) is 6. The van der Waals surface area contributed by atoms with Gasteiger partial charge in [0.2, 0.25) is 5.91 Å². The van der Waals surface area contributed by atoms with Crippen LogP contribution >= 0.6 is 0 Å². The molecule has 1 aliphatic rings. The van der Waals surface area contributed by atoms with Crippen molar-refractivity contribution in [1.29, 1.82) is 0 Å². The Balaban J connectivity index is 1.55. The standard InChI is InChI=1S/C37H41N3O6/c1-22-19-31(22)40(35(44)30(39-36(45)46-37(3,4)5)20-24-10-15-29(41)16-11-24)33(27-13-17-32(42)23(2)18-27)34(43)38-28-14-12-25-8-6-7-9-26(25)21-28/h6-18,21-22,30-31,33,41-42H,19-20H2,1-5H3,(H,38,43)(H,39,45). The molecule has 4 aromatic carbocycles. The number of anilines is 1. The van der Waals surface area contributed by atoms with Gasteiger partial charge in [-0.1, -0.05) is 55.5 Å². The Morgan fingerprint density at radius 1 is 0.935 bits per heavy atom. The van der Waals surface area contributed by atoms with Crippen LogP contribution in [0.25, 0.3) is 10.8 Å². The maximum atomic E-state index is 14.7. The van der Waals surface area contributed by atoms with Crippen molar-refractivity contribution < 1.29 is 29.3 Å². The van der Waals surface area contributed by atoms with Gasteiger partial charge in [0, 0.05) is 18.2 Å². The summed E-state index contributed by atoms with van der Waals surface area (Å²) in [5, 5.41) is 27.9. The number of carbonyl (C=O) groups excluding carboxylic acids is 3. The number of aromatic hydroxyl groups is 2. The monoisotopic (exact) mass is 623 g/mol. The van der Waals surface area contributed by atoms with E-state index in [2.05, 4.69) is 10.6 Å². The lowest BCUT2D eigenvalue weighted by Gasteiger charge is -2.35. The van der Waals surface area contributed by atoms with Crippen molar-refractivity contribution in [1.82, 2.24) is 10.2 Å². The van der Waals surface area contributed by atoms with Gasteiger partial charge < -0.3 is 30.5 Å². The van der Waals surface area contributed by atoms with E-state index in [0.29, 0.717) is 28.8 Å². The molecule has 1 aliphatic carbocycles. The van der Waals surface area contributed by atoms with Crippen molar-refractivity contribution >= 4 is 34.4 Å². The second-order valence-corrected chi connectivity index (χ2v) is 13.1. The SMILES string of the molecule is Cc1cc(C(C(=O)Nc2ccc3ccccc3c2)N(C(=O)C(Cc2ccc(O)cc2)NC(=O)OC(C)(C)C)C2CC2C)ccc1O. The highest BCUT2D eigenvalue weighted by Crippen LogP contribution is 2.42. The Hall–Kier alpha value is -5.05. The first-order valence-electron chi connectivity index (χ1n) is 15.5. The fourth-order valence-corrected chi connectivity index (χ4v) is 5.63. The number of rotatable bonds is 9. The molecule has 1 fully saturated rings. The minimum atomic E-state index is -1.08. The quantitative estimate of drug-likeness (QED) is 0.166. The van der Waals surface area contributed by atoms with Gasteiger partial charge in [0.1, 0.15) is 29.2 Å². The number of phenols is 2. The average molecular weight is 624 g/mol. The molecule has 1 saturated carbocycles. The average Bonchev–Trinajstić information content (AvgIpc) is 3.72. The lowest BCUT2D eigenvalue weighted by Crippen LogP contribution is -2.54. The van der Waals surface area contributed by atoms with Crippen LogP contribution in [0, 0.1) is 12.8 Å². The number of carbonyl (C=O) groups is 3. The summed E-state index contributed by atoms with van der Waals surface area (Å²) in [5.41, 5.74) is 1.57. The van der Waals surface area contributed by atoms with E-state index in [-0.39, 0.29) is 29.9 Å². The van der Waals surface area contributed by atoms with Crippen LogP contribution in [0.1, 0.15) is 56.8 Å². The fraction of sp³-hybridized carbons (Fsp3) is 0.324. The van der Waals surface area contributed by atoms with E-state index in [1.807, 2.05) is 49.4 Å². The Kier molecular flexibility index (Phi) is 9.23. The number of alkyl carbamates (subject to hydrolysis) is 1. The first-order valence-corrected chi connectivity index (χ1v) is 15.5. The first kappa shape index (κ1) is 32.3. The van der Waals surface area contributed by atoms with Crippen molar-refractivity contribution in [3.8, 4) is 11.5 Å². The van der Waals surface area contributed by atoms with E-state index >= 15 is 0 Å². The molecule has 0 saturated heterocycles. The molecule has 0 aromatic heterocycles. The molecule has 0 bridgehead atoms. The molecule has 4 unspecified atom stereocenters. The van der Waals surface area contributed by atoms with E-state index in [9.17, 15) is 24.6 Å². The van der Waals surface area contributed by atoms with Gasteiger partial charge in [0.25, 0.3) is 5.91 Å². The fourth-order valence-electron chi connectivity index (χ4n) is 5.63. The molecule has 0 heterocycles. The highest BCUT2D eigenvalue weighted by molar-refractivity contribution is 6.00. The predicted molar refractivity (Wildman–Crippen MR) is 178 cm³/mol. The van der Waals surface area contributed by atoms with Gasteiger partial charge in [-0.2, -0.15) is 0 Å². The number of ether oxygens (including phenoxy) is 1. The zero-order valence-corrected chi connectivity index (χ0v) is 26.8. The van der Waals surface area contributed by atoms with Crippen molar-refractivity contribution in [2.24, 2.45) is 5.92 Å². The van der Waals surface area contributed by atoms with Gasteiger partial charge in [0.15, 0.2) is 0 Å². The molecule has 4 atom stereocenters. The highest BCUT2D eigenvalue weighted by atomic mass is 16.6. The Morgan fingerprint density at radius 3 is 2.24 bits per heavy atom. The summed E-state index contributed by atoms with van der Waals surface area (Å²) in [6, 6.07) is 22.3. The zero-order valence-electron chi connectivity index (χ0n) is 26.8. The summed E-state index contributed by atoms with van der Waals surface area (Å²) in [7, 11) is 0. The number of phenolic OH excluding ortho intramolecular Hbond substituents is 2. The molecule has 240 valence electrons. The van der Waals surface area contributed by atoms with Gasteiger partial charge in [-0.3, -0.25) is 9.59 Å². The zero-order chi connectivity index (χ0) is 33.2. The van der Waals surface area contributed by atoms with Crippen molar-refractivity contribution in [3.05, 3.63) is 102 Å². The van der Waals surface area contributed by atoms with Crippen LogP contribution in [0.15, 0.2) is 84.9 Å². The molecule has 9 nitrogen and oxygen atoms in total. The van der Waals surface area contributed by atoms with E-state index in [1.165, 1.54) is 18.2 Å². The van der Waals surface area contributed by atoms with Crippen LogP contribution in [0.3, 0.4) is 0 Å². The first-order chi connectivity index (χ1) is 21.8. The summed E-state index contributed by atoms with van der Waals surface area (Å²) in [4.78, 5) is 43.7. The molecule has 0 spiro atoms. The lowest BCUT2D eigenvalue weighted by molar-refractivity contribution is -0.141. The number of hydrogen-bond donors (Lipinski definition) is 4. The third-order valence-corrected chi connectivity index (χ3v) is 8.12. The second-order valence-electron chi connectivity index (χ2n) is 13.1. The van der Waals surface area contributed by atoms with E-state index in [0.717, 1.165) is 10.8 Å². The van der Waals surface area contributed by atoms with Gasteiger partial charge >= 0.3 is 6.09 Å². The maximum Gasteiger partial charge on any atom is 0.408 e. The highest BCUT2D eigenvalue weighted by Gasteiger charge is 2.48. The predicted octanol–water partition coefficient (Wildman–Crippen LogP) is 6.61. The number of fused-ring (bicyclic) bond motifs is 1. The van der Waals surface area contributed by atoms with E-state index in [4.69, 9.17) is 4.74 Å². The molecular weight excluding hydrogens is 582 g/mol. The third-order valence-electron chi connectivity index (χ3n) is 8.12. The molecule has 0 aliphatic heterocycles. The summed E-state index contributed by atoms with van der Waals surface area (Å²) in [6.07, 6.45) is 0.0240. The number of benzene rings is 4. The largest absolute Gasteiger partial charge is 0.508 e. The summed E-state index contributed by atoms with van der Waals surface area (Å²) in [5.74, 6) is -0.597. The second kappa shape index (κ2) is 13.1. The van der Waals surface area contributed by atoms with E-state index < -0.39 is 35.6 Å². The van der Waals surface area contributed by atoms with Gasteiger partial charge in [-0.05, 0) is 104 Å². The van der Waals surface area contributed by atoms with Crippen LogP contribution in [0.5, 0.6) is 11.5 Å². The van der Waals surface area contributed by atoms with Crippen LogP contribution < -0.4 is 10.6 Å². The molecule has 4 N–H and O–H groups in total. The molecule has 46 heavy (non-hydrogen) atoms. The maximum absolute atomic E-state index is 14.7. The Bertz CT molecular complexity index is 1750. The molecule has 0 radical (unpaired) electrons. The minimum absolute atomic E-state index is 0.0758. The van der Waals surface area contributed by atoms with Gasteiger partial charge in [-0.25, -0.2) is 4.79 Å². The van der Waals surface area contributed by atoms with Crippen LogP contribution in [-0.4, -0.2) is 50.7 Å². The summed E-state index contributed by atoms with van der Waals surface area (Å²) in [6.45, 7) is 8.97. The van der Waals surface area contributed by atoms with E-state index in [1.54, 1.807) is 56.9 Å². The summed E-state index contributed by atoms with van der Waals surface area (Å²) >= 11 is 0. The van der Waals surface area contributed by atoms with Gasteiger partial charge in [-0.15, -0.1) is 0 Å². The normalized spacial score (nSPS) is 17.1. The Morgan fingerprint density at radius 2 is 1.61 bits per heavy atom. The van der Waals surface area contributed by atoms with Gasteiger partial charge in [0.05, 0.1) is 0 Å². The van der Waals surface area contributed by atoms with Crippen LogP contribution in [0.4, 0.5) is 10.5 Å².